The lowest BCUT2D eigenvalue weighted by Crippen LogP contribution is -2.49. The lowest BCUT2D eigenvalue weighted by molar-refractivity contribution is -0.147. The van der Waals surface area contributed by atoms with Crippen molar-refractivity contribution < 1.29 is 19.4 Å². The van der Waals surface area contributed by atoms with Gasteiger partial charge in [0.1, 0.15) is 17.5 Å². The highest BCUT2D eigenvalue weighted by molar-refractivity contribution is 6.04. The second kappa shape index (κ2) is 8.90. The molecule has 0 spiro atoms. The Morgan fingerprint density at radius 1 is 0.971 bits per heavy atom. The highest BCUT2D eigenvalue weighted by Crippen LogP contribution is 2.37. The second-order valence-corrected chi connectivity index (χ2v) is 8.31. The van der Waals surface area contributed by atoms with E-state index in [2.05, 4.69) is 0 Å². The van der Waals surface area contributed by atoms with Crippen LogP contribution in [0.3, 0.4) is 0 Å². The first-order chi connectivity index (χ1) is 16.5. The topological polar surface area (TPSA) is 70.1 Å². The number of aliphatic carboxylic acids is 1. The van der Waals surface area contributed by atoms with E-state index in [1.807, 2.05) is 89.8 Å². The SMILES string of the molecule is COc1ccc(C2=CN(C(Cc3ccccc3)C(=O)O)C(=O)C3=Cc4ccccc4CN32)cc1. The van der Waals surface area contributed by atoms with Crippen LogP contribution in [0.15, 0.2) is 90.8 Å². The van der Waals surface area contributed by atoms with Gasteiger partial charge in [-0.15, -0.1) is 0 Å². The summed E-state index contributed by atoms with van der Waals surface area (Å²) < 4.78 is 5.30. The van der Waals surface area contributed by atoms with Crippen molar-refractivity contribution in [3.05, 3.63) is 113 Å². The van der Waals surface area contributed by atoms with E-state index in [1.54, 1.807) is 13.3 Å². The number of hydrogen-bond donors (Lipinski definition) is 1. The maximum Gasteiger partial charge on any atom is 0.327 e. The van der Waals surface area contributed by atoms with Crippen LogP contribution in [0.2, 0.25) is 0 Å². The van der Waals surface area contributed by atoms with Crippen LogP contribution in [0.1, 0.15) is 22.3 Å². The third kappa shape index (κ3) is 3.94. The fraction of sp³-hybridized carbons (Fsp3) is 0.143. The summed E-state index contributed by atoms with van der Waals surface area (Å²) in [6.07, 6.45) is 3.74. The lowest BCUT2D eigenvalue weighted by Gasteiger charge is -2.41. The van der Waals surface area contributed by atoms with Crippen molar-refractivity contribution in [3.8, 4) is 5.75 Å². The molecule has 2 aliphatic rings. The van der Waals surface area contributed by atoms with Crippen LogP contribution < -0.4 is 4.74 Å². The number of methoxy groups -OCH3 is 1. The number of hydrogen-bond acceptors (Lipinski definition) is 4. The molecule has 2 aliphatic heterocycles. The highest BCUT2D eigenvalue weighted by Gasteiger charge is 2.39. The molecular weight excluding hydrogens is 428 g/mol. The average molecular weight is 453 g/mol. The maximum atomic E-state index is 13.7. The van der Waals surface area contributed by atoms with Gasteiger partial charge in [0.25, 0.3) is 5.91 Å². The van der Waals surface area contributed by atoms with Gasteiger partial charge in [-0.1, -0.05) is 54.6 Å². The second-order valence-electron chi connectivity index (χ2n) is 8.31. The molecule has 3 aromatic carbocycles. The van der Waals surface area contributed by atoms with Gasteiger partial charge in [-0.25, -0.2) is 4.79 Å². The van der Waals surface area contributed by atoms with Crippen molar-refractivity contribution in [2.24, 2.45) is 0 Å². The third-order valence-corrected chi connectivity index (χ3v) is 6.25. The summed E-state index contributed by atoms with van der Waals surface area (Å²) in [5, 5.41) is 10.1. The van der Waals surface area contributed by atoms with Crippen molar-refractivity contribution in [2.75, 3.05) is 7.11 Å². The van der Waals surface area contributed by atoms with Crippen LogP contribution in [-0.2, 0) is 22.6 Å². The highest BCUT2D eigenvalue weighted by atomic mass is 16.5. The zero-order valence-corrected chi connectivity index (χ0v) is 18.7. The van der Waals surface area contributed by atoms with Gasteiger partial charge < -0.3 is 14.7 Å². The summed E-state index contributed by atoms with van der Waals surface area (Å²) in [5.74, 6) is -0.650. The zero-order valence-electron chi connectivity index (χ0n) is 18.7. The molecule has 0 bridgehead atoms. The van der Waals surface area contributed by atoms with E-state index in [0.717, 1.165) is 33.7 Å². The minimum Gasteiger partial charge on any atom is -0.497 e. The Hall–Kier alpha value is -4.32. The Labute approximate surface area is 198 Å². The van der Waals surface area contributed by atoms with Gasteiger partial charge in [0.15, 0.2) is 0 Å². The lowest BCUT2D eigenvalue weighted by atomic mass is 9.96. The van der Waals surface area contributed by atoms with Gasteiger partial charge in [0, 0.05) is 19.2 Å². The predicted molar refractivity (Wildman–Crippen MR) is 129 cm³/mol. The minimum absolute atomic E-state index is 0.207. The molecule has 0 fully saturated rings. The first-order valence-electron chi connectivity index (χ1n) is 11.1. The molecule has 0 saturated carbocycles. The van der Waals surface area contributed by atoms with Crippen molar-refractivity contribution >= 4 is 23.6 Å². The Morgan fingerprint density at radius 2 is 1.68 bits per heavy atom. The first kappa shape index (κ1) is 21.5. The summed E-state index contributed by atoms with van der Waals surface area (Å²) >= 11 is 0. The Balaban J connectivity index is 1.62. The molecule has 1 amide bonds. The van der Waals surface area contributed by atoms with Crippen LogP contribution in [0.25, 0.3) is 11.8 Å². The molecule has 1 unspecified atom stereocenters. The first-order valence-corrected chi connectivity index (χ1v) is 11.1. The molecular formula is C28H24N2O4. The molecule has 5 rings (SSSR count). The molecule has 0 radical (unpaired) electrons. The standard InChI is InChI=1S/C28H24N2O4/c1-34-23-13-11-20(12-14-23)26-18-30(25(28(32)33)15-19-7-3-2-4-8-19)27(31)24-16-21-9-5-6-10-22(21)17-29(24)26/h2-14,16,18,25H,15,17H2,1H3,(H,32,33). The molecule has 3 aromatic rings. The van der Waals surface area contributed by atoms with Gasteiger partial charge in [-0.05, 0) is 52.6 Å². The van der Waals surface area contributed by atoms with E-state index in [9.17, 15) is 14.7 Å². The number of amides is 1. The Kier molecular flexibility index (Phi) is 5.64. The molecule has 0 aromatic heterocycles. The molecule has 34 heavy (non-hydrogen) atoms. The average Bonchev–Trinajstić information content (AvgIpc) is 2.87. The Bertz CT molecular complexity index is 1300. The summed E-state index contributed by atoms with van der Waals surface area (Å²) in [7, 11) is 1.61. The molecule has 170 valence electrons. The number of rotatable bonds is 6. The van der Waals surface area contributed by atoms with Crippen LogP contribution in [0, 0.1) is 0 Å². The van der Waals surface area contributed by atoms with E-state index in [-0.39, 0.29) is 12.3 Å². The van der Waals surface area contributed by atoms with Gasteiger partial charge in [0.05, 0.1) is 12.8 Å². The number of carboxylic acid groups (broad SMARTS) is 1. The number of carbonyl (C=O) groups is 2. The smallest absolute Gasteiger partial charge is 0.327 e. The quantitative estimate of drug-likeness (QED) is 0.601. The van der Waals surface area contributed by atoms with Crippen molar-refractivity contribution in [1.29, 1.82) is 0 Å². The summed E-state index contributed by atoms with van der Waals surface area (Å²) in [5.41, 5.74) is 5.02. The van der Waals surface area contributed by atoms with Crippen LogP contribution in [0.4, 0.5) is 0 Å². The molecule has 0 aliphatic carbocycles. The van der Waals surface area contributed by atoms with E-state index in [4.69, 9.17) is 4.74 Å². The van der Waals surface area contributed by atoms with E-state index in [0.29, 0.717) is 12.2 Å². The zero-order chi connectivity index (χ0) is 23.7. The van der Waals surface area contributed by atoms with Crippen molar-refractivity contribution in [1.82, 2.24) is 9.80 Å². The number of fused-ring (bicyclic) bond motifs is 2. The normalized spacial score (nSPS) is 15.6. The summed E-state index contributed by atoms with van der Waals surface area (Å²) in [6.45, 7) is 0.524. The maximum absolute atomic E-state index is 13.7. The minimum atomic E-state index is -1.05. The summed E-state index contributed by atoms with van der Waals surface area (Å²) in [6, 6.07) is 23.8. The number of carbonyl (C=O) groups excluding carboxylic acids is 1. The number of nitrogens with zero attached hydrogens (tertiary/aromatic N) is 2. The summed E-state index contributed by atoms with van der Waals surface area (Å²) in [4.78, 5) is 29.4. The van der Waals surface area contributed by atoms with E-state index in [1.165, 1.54) is 4.90 Å². The monoisotopic (exact) mass is 452 g/mol. The van der Waals surface area contributed by atoms with Gasteiger partial charge in [-0.2, -0.15) is 0 Å². The number of carboxylic acids is 1. The molecule has 0 saturated heterocycles. The molecule has 1 N–H and O–H groups in total. The van der Waals surface area contributed by atoms with E-state index < -0.39 is 12.0 Å². The fourth-order valence-electron chi connectivity index (χ4n) is 4.45. The molecule has 6 heteroatoms. The molecule has 1 atom stereocenters. The predicted octanol–water partition coefficient (Wildman–Crippen LogP) is 4.39. The molecule has 2 heterocycles. The van der Waals surface area contributed by atoms with Crippen LogP contribution >= 0.6 is 0 Å². The number of ether oxygens (including phenoxy) is 1. The Morgan fingerprint density at radius 3 is 2.38 bits per heavy atom. The number of benzene rings is 3. The third-order valence-electron chi connectivity index (χ3n) is 6.25. The fourth-order valence-corrected chi connectivity index (χ4v) is 4.45. The largest absolute Gasteiger partial charge is 0.497 e. The van der Waals surface area contributed by atoms with E-state index >= 15 is 0 Å². The van der Waals surface area contributed by atoms with Crippen LogP contribution in [0.5, 0.6) is 5.75 Å². The van der Waals surface area contributed by atoms with Crippen molar-refractivity contribution in [3.63, 3.8) is 0 Å². The van der Waals surface area contributed by atoms with Crippen LogP contribution in [-0.4, -0.2) is 39.9 Å². The molecule has 6 nitrogen and oxygen atoms in total. The van der Waals surface area contributed by atoms with Gasteiger partial charge in [0.2, 0.25) is 0 Å². The van der Waals surface area contributed by atoms with Gasteiger partial charge >= 0.3 is 5.97 Å². The van der Waals surface area contributed by atoms with Crippen molar-refractivity contribution in [2.45, 2.75) is 19.0 Å². The van der Waals surface area contributed by atoms with Gasteiger partial charge in [-0.3, -0.25) is 9.69 Å².